The van der Waals surface area contributed by atoms with Gasteiger partial charge in [0.1, 0.15) is 6.33 Å². The second-order valence-corrected chi connectivity index (χ2v) is 4.00. The Bertz CT molecular complexity index is 509. The van der Waals surface area contributed by atoms with E-state index in [-0.39, 0.29) is 0 Å². The maximum Gasteiger partial charge on any atom is 0.216 e. The lowest BCUT2D eigenvalue weighted by Crippen LogP contribution is -2.14. The highest BCUT2D eigenvalue weighted by Crippen LogP contribution is 2.20. The van der Waals surface area contributed by atoms with Gasteiger partial charge >= 0.3 is 0 Å². The molecule has 6 heteroatoms. The number of hydrogen-bond acceptors (Lipinski definition) is 5. The first kappa shape index (κ1) is 12.5. The fourth-order valence-electron chi connectivity index (χ4n) is 1.88. The minimum absolute atomic E-state index is 0.694. The zero-order valence-electron chi connectivity index (χ0n) is 10.8. The molecule has 0 amide bonds. The maximum atomic E-state index is 5.33. The Kier molecular flexibility index (Phi) is 3.88. The number of aromatic nitrogens is 4. The number of ether oxygens (including phenoxy) is 1. The molecule has 0 radical (unpaired) electrons. The summed E-state index contributed by atoms with van der Waals surface area (Å²) in [5.41, 5.74) is 3.02. The van der Waals surface area contributed by atoms with Gasteiger partial charge in [-0.2, -0.15) is 5.10 Å². The zero-order chi connectivity index (χ0) is 13.0. The quantitative estimate of drug-likeness (QED) is 0.847. The molecule has 0 spiro atoms. The van der Waals surface area contributed by atoms with Crippen molar-refractivity contribution in [3.63, 3.8) is 0 Å². The van der Waals surface area contributed by atoms with E-state index in [1.165, 1.54) is 0 Å². The van der Waals surface area contributed by atoms with Crippen LogP contribution in [0, 0.1) is 6.92 Å². The molecule has 96 valence electrons. The smallest absolute Gasteiger partial charge is 0.216 e. The molecule has 0 aliphatic heterocycles. The van der Waals surface area contributed by atoms with Crippen molar-refractivity contribution in [2.24, 2.45) is 7.05 Å². The van der Waals surface area contributed by atoms with Crippen molar-refractivity contribution in [3.8, 4) is 5.88 Å². The molecule has 0 unspecified atom stereocenters. The SMILES string of the molecule is COc1c(CNCc2ccncn2)c(C)nn1C. The molecule has 0 saturated carbocycles. The van der Waals surface area contributed by atoms with E-state index < -0.39 is 0 Å². The van der Waals surface area contributed by atoms with Crippen molar-refractivity contribution in [2.75, 3.05) is 7.11 Å². The first-order chi connectivity index (χ1) is 8.72. The van der Waals surface area contributed by atoms with Crippen molar-refractivity contribution in [2.45, 2.75) is 20.0 Å². The Balaban J connectivity index is 1.98. The van der Waals surface area contributed by atoms with Crippen molar-refractivity contribution >= 4 is 0 Å². The van der Waals surface area contributed by atoms with Crippen LogP contribution in [0.1, 0.15) is 17.0 Å². The van der Waals surface area contributed by atoms with Crippen molar-refractivity contribution in [3.05, 3.63) is 35.5 Å². The molecule has 1 N–H and O–H groups in total. The van der Waals surface area contributed by atoms with Crippen molar-refractivity contribution in [1.82, 2.24) is 25.1 Å². The molecule has 2 aromatic rings. The summed E-state index contributed by atoms with van der Waals surface area (Å²) in [6.45, 7) is 3.37. The van der Waals surface area contributed by atoms with Gasteiger partial charge in [0, 0.05) is 26.3 Å². The zero-order valence-corrected chi connectivity index (χ0v) is 10.8. The summed E-state index contributed by atoms with van der Waals surface area (Å²) < 4.78 is 7.08. The van der Waals surface area contributed by atoms with Crippen LogP contribution >= 0.6 is 0 Å². The summed E-state index contributed by atoms with van der Waals surface area (Å²) in [4.78, 5) is 8.04. The van der Waals surface area contributed by atoms with Crippen LogP contribution in [0.3, 0.4) is 0 Å². The molecule has 18 heavy (non-hydrogen) atoms. The van der Waals surface area contributed by atoms with E-state index in [2.05, 4.69) is 20.4 Å². The van der Waals surface area contributed by atoms with E-state index in [1.54, 1.807) is 24.3 Å². The topological polar surface area (TPSA) is 64.9 Å². The molecule has 2 aromatic heterocycles. The number of nitrogens with zero attached hydrogens (tertiary/aromatic N) is 4. The van der Waals surface area contributed by atoms with Crippen LogP contribution < -0.4 is 10.1 Å². The standard InChI is InChI=1S/C12H17N5O/c1-9-11(12(18-3)17(2)16-9)7-14-6-10-4-5-13-8-15-10/h4-5,8,14H,6-7H2,1-3H3. The second kappa shape index (κ2) is 5.59. The Morgan fingerprint density at radius 1 is 1.39 bits per heavy atom. The summed E-state index contributed by atoms with van der Waals surface area (Å²) in [5.74, 6) is 0.794. The maximum absolute atomic E-state index is 5.33. The van der Waals surface area contributed by atoms with Gasteiger partial charge in [0.15, 0.2) is 0 Å². The third-order valence-electron chi connectivity index (χ3n) is 2.73. The molecule has 6 nitrogen and oxygen atoms in total. The van der Waals surface area contributed by atoms with Gasteiger partial charge in [-0.05, 0) is 13.0 Å². The molecule has 0 atom stereocenters. The molecular formula is C12H17N5O. The van der Waals surface area contributed by atoms with Gasteiger partial charge in [0.2, 0.25) is 5.88 Å². The Hall–Kier alpha value is -1.95. The molecule has 2 heterocycles. The van der Waals surface area contributed by atoms with Gasteiger partial charge in [0.25, 0.3) is 0 Å². The predicted octanol–water partition coefficient (Wildman–Crippen LogP) is 0.817. The summed E-state index contributed by atoms with van der Waals surface area (Å²) >= 11 is 0. The van der Waals surface area contributed by atoms with E-state index in [0.29, 0.717) is 13.1 Å². The minimum Gasteiger partial charge on any atom is -0.481 e. The Labute approximate surface area is 106 Å². The van der Waals surface area contributed by atoms with Crippen molar-refractivity contribution in [1.29, 1.82) is 0 Å². The lowest BCUT2D eigenvalue weighted by molar-refractivity contribution is 0.368. The molecule has 0 bridgehead atoms. The lowest BCUT2D eigenvalue weighted by atomic mass is 10.2. The molecule has 0 fully saturated rings. The number of aryl methyl sites for hydroxylation is 2. The van der Waals surface area contributed by atoms with Gasteiger partial charge < -0.3 is 10.1 Å². The monoisotopic (exact) mass is 247 g/mol. The van der Waals surface area contributed by atoms with Crippen molar-refractivity contribution < 1.29 is 4.74 Å². The second-order valence-electron chi connectivity index (χ2n) is 4.00. The van der Waals surface area contributed by atoms with Gasteiger partial charge in [0.05, 0.1) is 24.1 Å². The molecule has 0 aliphatic rings. The average molecular weight is 247 g/mol. The van der Waals surface area contributed by atoms with Crippen LogP contribution in [0.2, 0.25) is 0 Å². The van der Waals surface area contributed by atoms with Gasteiger partial charge in [-0.3, -0.25) is 0 Å². The molecule has 0 saturated heterocycles. The normalized spacial score (nSPS) is 10.6. The Morgan fingerprint density at radius 2 is 2.22 bits per heavy atom. The predicted molar refractivity (Wildman–Crippen MR) is 67.1 cm³/mol. The Morgan fingerprint density at radius 3 is 2.89 bits per heavy atom. The van der Waals surface area contributed by atoms with Crippen LogP contribution in [0.15, 0.2) is 18.6 Å². The van der Waals surface area contributed by atoms with E-state index in [0.717, 1.165) is 22.8 Å². The third-order valence-corrected chi connectivity index (χ3v) is 2.73. The van der Waals surface area contributed by atoms with Gasteiger partial charge in [-0.25, -0.2) is 14.6 Å². The average Bonchev–Trinajstić information content (AvgIpc) is 2.65. The number of methoxy groups -OCH3 is 1. The molecule has 0 aromatic carbocycles. The fourth-order valence-corrected chi connectivity index (χ4v) is 1.88. The largest absolute Gasteiger partial charge is 0.481 e. The van der Waals surface area contributed by atoms with Crippen LogP contribution in [0.25, 0.3) is 0 Å². The van der Waals surface area contributed by atoms with Crippen LogP contribution in [-0.2, 0) is 20.1 Å². The van der Waals surface area contributed by atoms with Crippen LogP contribution in [0.5, 0.6) is 5.88 Å². The highest BCUT2D eigenvalue weighted by atomic mass is 16.5. The lowest BCUT2D eigenvalue weighted by Gasteiger charge is -2.06. The number of nitrogens with one attached hydrogen (secondary N) is 1. The third kappa shape index (κ3) is 2.65. The van der Waals surface area contributed by atoms with Crippen LogP contribution in [0.4, 0.5) is 0 Å². The fraction of sp³-hybridized carbons (Fsp3) is 0.417. The van der Waals surface area contributed by atoms with E-state index >= 15 is 0 Å². The minimum atomic E-state index is 0.694. The van der Waals surface area contributed by atoms with Crippen LogP contribution in [-0.4, -0.2) is 26.9 Å². The van der Waals surface area contributed by atoms with Gasteiger partial charge in [-0.1, -0.05) is 0 Å². The molecular weight excluding hydrogens is 230 g/mol. The van der Waals surface area contributed by atoms with E-state index in [1.807, 2.05) is 20.0 Å². The van der Waals surface area contributed by atoms with E-state index in [9.17, 15) is 0 Å². The number of rotatable bonds is 5. The van der Waals surface area contributed by atoms with E-state index in [4.69, 9.17) is 4.74 Å². The molecule has 2 rings (SSSR count). The number of hydrogen-bond donors (Lipinski definition) is 1. The first-order valence-corrected chi connectivity index (χ1v) is 5.74. The summed E-state index contributed by atoms with van der Waals surface area (Å²) in [5, 5.41) is 7.66. The summed E-state index contributed by atoms with van der Waals surface area (Å²) in [6, 6.07) is 1.89. The highest BCUT2D eigenvalue weighted by Gasteiger charge is 2.12. The summed E-state index contributed by atoms with van der Waals surface area (Å²) in [6.07, 6.45) is 3.28. The molecule has 0 aliphatic carbocycles. The van der Waals surface area contributed by atoms with Gasteiger partial charge in [-0.15, -0.1) is 0 Å². The summed E-state index contributed by atoms with van der Waals surface area (Å²) in [7, 11) is 3.53. The first-order valence-electron chi connectivity index (χ1n) is 5.74. The highest BCUT2D eigenvalue weighted by molar-refractivity contribution is 5.30.